The van der Waals surface area contributed by atoms with Gasteiger partial charge in [-0.15, -0.1) is 0 Å². The first kappa shape index (κ1) is 25.9. The first-order valence-corrected chi connectivity index (χ1v) is 13.6. The smallest absolute Gasteiger partial charge is 0.243 e. The lowest BCUT2D eigenvalue weighted by Gasteiger charge is -2.22. The highest BCUT2D eigenvalue weighted by Gasteiger charge is 2.26. The van der Waals surface area contributed by atoms with Crippen molar-refractivity contribution < 1.29 is 21.6 Å². The predicted octanol–water partition coefficient (Wildman–Crippen LogP) is 2.54. The van der Waals surface area contributed by atoms with E-state index in [1.165, 1.54) is 48.5 Å². The molecule has 3 rings (SSSR count). The van der Waals surface area contributed by atoms with E-state index in [1.807, 2.05) is 30.3 Å². The fraction of sp³-hybridized carbons (Fsp3) is 0.174. The fourth-order valence-electron chi connectivity index (χ4n) is 3.15. The fourth-order valence-corrected chi connectivity index (χ4v) is 5.19. The van der Waals surface area contributed by atoms with E-state index in [0.717, 1.165) is 9.87 Å². The van der Waals surface area contributed by atoms with E-state index in [-0.39, 0.29) is 29.4 Å². The van der Waals surface area contributed by atoms with Gasteiger partial charge in [0.25, 0.3) is 0 Å². The molecular formula is C23H24ClN3O5S2. The maximum Gasteiger partial charge on any atom is 0.243 e. The summed E-state index contributed by atoms with van der Waals surface area (Å²) in [5.41, 5.74) is 1.58. The molecule has 0 radical (unpaired) electrons. The molecule has 0 aliphatic carbocycles. The van der Waals surface area contributed by atoms with Gasteiger partial charge in [-0.25, -0.2) is 22.0 Å². The molecule has 11 heteroatoms. The lowest BCUT2D eigenvalue weighted by Crippen LogP contribution is -2.41. The Hall–Kier alpha value is -2.76. The van der Waals surface area contributed by atoms with Gasteiger partial charge in [-0.05, 0) is 53.9 Å². The molecule has 0 bridgehead atoms. The predicted molar refractivity (Wildman–Crippen MR) is 130 cm³/mol. The van der Waals surface area contributed by atoms with Gasteiger partial charge >= 0.3 is 0 Å². The van der Waals surface area contributed by atoms with Gasteiger partial charge in [0, 0.05) is 18.1 Å². The normalized spacial score (nSPS) is 12.0. The van der Waals surface area contributed by atoms with Gasteiger partial charge in [-0.1, -0.05) is 54.1 Å². The highest BCUT2D eigenvalue weighted by molar-refractivity contribution is 7.89. The SMILES string of the molecule is NS(=O)(=O)c1ccc(CNC(=O)CN(CCc2ccccc2)S(=O)(=O)c2ccc(Cl)cc2)cc1. The molecule has 0 saturated carbocycles. The Kier molecular flexibility index (Phi) is 8.45. The number of carbonyl (C=O) groups is 1. The van der Waals surface area contributed by atoms with Crippen molar-refractivity contribution in [3.05, 3.63) is 95.0 Å². The third-order valence-electron chi connectivity index (χ3n) is 5.01. The van der Waals surface area contributed by atoms with Crippen molar-refractivity contribution in [3.8, 4) is 0 Å². The molecule has 0 unspecified atom stereocenters. The van der Waals surface area contributed by atoms with Crippen molar-refractivity contribution in [2.75, 3.05) is 13.1 Å². The summed E-state index contributed by atoms with van der Waals surface area (Å²) in [6.07, 6.45) is 0.427. The molecule has 34 heavy (non-hydrogen) atoms. The number of rotatable bonds is 10. The van der Waals surface area contributed by atoms with Gasteiger partial charge in [-0.2, -0.15) is 4.31 Å². The van der Waals surface area contributed by atoms with Gasteiger partial charge in [0.15, 0.2) is 0 Å². The maximum absolute atomic E-state index is 13.2. The molecule has 0 aliphatic heterocycles. The molecule has 1 amide bonds. The molecule has 0 aromatic heterocycles. The Morgan fingerprint density at radius 1 is 0.824 bits per heavy atom. The lowest BCUT2D eigenvalue weighted by atomic mass is 10.1. The number of benzene rings is 3. The Labute approximate surface area is 204 Å². The van der Waals surface area contributed by atoms with Crippen LogP contribution in [0.4, 0.5) is 0 Å². The van der Waals surface area contributed by atoms with E-state index in [0.29, 0.717) is 17.0 Å². The van der Waals surface area contributed by atoms with Gasteiger partial charge in [0.1, 0.15) is 0 Å². The van der Waals surface area contributed by atoms with Crippen LogP contribution in [-0.4, -0.2) is 40.1 Å². The van der Waals surface area contributed by atoms with Gasteiger partial charge in [-0.3, -0.25) is 4.79 Å². The summed E-state index contributed by atoms with van der Waals surface area (Å²) in [7, 11) is -7.77. The summed E-state index contributed by atoms with van der Waals surface area (Å²) in [5, 5.41) is 8.16. The molecule has 3 aromatic rings. The van der Waals surface area contributed by atoms with E-state index < -0.39 is 26.0 Å². The van der Waals surface area contributed by atoms with Crippen LogP contribution in [0.2, 0.25) is 5.02 Å². The molecule has 0 fully saturated rings. The van der Waals surface area contributed by atoms with Crippen LogP contribution < -0.4 is 10.5 Å². The molecule has 3 N–H and O–H groups in total. The average molecular weight is 522 g/mol. The van der Waals surface area contributed by atoms with E-state index in [4.69, 9.17) is 16.7 Å². The summed E-state index contributed by atoms with van der Waals surface area (Å²) in [6.45, 7) is -0.185. The van der Waals surface area contributed by atoms with Crippen LogP contribution >= 0.6 is 11.6 Å². The highest BCUT2D eigenvalue weighted by Crippen LogP contribution is 2.19. The lowest BCUT2D eigenvalue weighted by molar-refractivity contribution is -0.121. The van der Waals surface area contributed by atoms with E-state index in [1.54, 1.807) is 0 Å². The van der Waals surface area contributed by atoms with E-state index in [9.17, 15) is 21.6 Å². The highest BCUT2D eigenvalue weighted by atomic mass is 35.5. The zero-order chi connectivity index (χ0) is 24.8. The number of sulfonamides is 2. The van der Waals surface area contributed by atoms with Gasteiger partial charge < -0.3 is 5.32 Å². The van der Waals surface area contributed by atoms with Crippen molar-refractivity contribution in [3.63, 3.8) is 0 Å². The number of nitrogens with zero attached hydrogens (tertiary/aromatic N) is 1. The molecule has 0 heterocycles. The minimum Gasteiger partial charge on any atom is -0.351 e. The monoisotopic (exact) mass is 521 g/mol. The van der Waals surface area contributed by atoms with Crippen molar-refractivity contribution in [1.82, 2.24) is 9.62 Å². The molecule has 0 aliphatic rings. The molecular weight excluding hydrogens is 498 g/mol. The molecule has 0 spiro atoms. The molecule has 0 saturated heterocycles. The van der Waals surface area contributed by atoms with Gasteiger partial charge in [0.05, 0.1) is 16.3 Å². The third kappa shape index (κ3) is 7.12. The zero-order valence-electron chi connectivity index (χ0n) is 18.1. The van der Waals surface area contributed by atoms with Crippen LogP contribution in [0.1, 0.15) is 11.1 Å². The van der Waals surface area contributed by atoms with Crippen molar-refractivity contribution in [2.45, 2.75) is 22.8 Å². The Morgan fingerprint density at radius 3 is 2.00 bits per heavy atom. The zero-order valence-corrected chi connectivity index (χ0v) is 20.5. The van der Waals surface area contributed by atoms with E-state index in [2.05, 4.69) is 5.32 Å². The van der Waals surface area contributed by atoms with Crippen molar-refractivity contribution >= 4 is 37.6 Å². The summed E-state index contributed by atoms with van der Waals surface area (Å²) in [5.74, 6) is -0.499. The number of nitrogens with one attached hydrogen (secondary N) is 1. The van der Waals surface area contributed by atoms with Crippen molar-refractivity contribution in [1.29, 1.82) is 0 Å². The first-order chi connectivity index (χ1) is 16.1. The topological polar surface area (TPSA) is 127 Å². The number of halogens is 1. The number of nitrogens with two attached hydrogens (primary N) is 1. The second-order valence-electron chi connectivity index (χ2n) is 7.49. The Morgan fingerprint density at radius 2 is 1.41 bits per heavy atom. The number of hydrogen-bond acceptors (Lipinski definition) is 5. The first-order valence-electron chi connectivity index (χ1n) is 10.2. The second-order valence-corrected chi connectivity index (χ2v) is 11.4. The number of carbonyl (C=O) groups excluding carboxylic acids is 1. The molecule has 8 nitrogen and oxygen atoms in total. The summed E-state index contributed by atoms with van der Waals surface area (Å²) in [6, 6.07) is 20.9. The summed E-state index contributed by atoms with van der Waals surface area (Å²) >= 11 is 5.89. The molecule has 180 valence electrons. The number of hydrogen-bond donors (Lipinski definition) is 2. The Balaban J connectivity index is 1.72. The Bertz CT molecular complexity index is 1330. The number of primary sulfonamides is 1. The second kappa shape index (κ2) is 11.1. The minimum atomic E-state index is -3.95. The van der Waals surface area contributed by atoms with Crippen LogP contribution in [0.5, 0.6) is 0 Å². The number of amides is 1. The average Bonchev–Trinajstić information content (AvgIpc) is 2.81. The van der Waals surface area contributed by atoms with Gasteiger partial charge in [0.2, 0.25) is 26.0 Å². The largest absolute Gasteiger partial charge is 0.351 e. The third-order valence-corrected chi connectivity index (χ3v) is 8.05. The quantitative estimate of drug-likeness (QED) is 0.424. The standard InChI is InChI=1S/C23H24ClN3O5S2/c24-20-8-12-22(13-9-20)34(31,32)27(15-14-18-4-2-1-3-5-18)17-23(28)26-16-19-6-10-21(11-7-19)33(25,29)30/h1-13H,14-17H2,(H,26,28)(H2,25,29,30). The van der Waals surface area contributed by atoms with Crippen LogP contribution in [0, 0.1) is 0 Å². The van der Waals surface area contributed by atoms with Crippen LogP contribution in [0.25, 0.3) is 0 Å². The van der Waals surface area contributed by atoms with Crippen LogP contribution in [0.15, 0.2) is 88.7 Å². The van der Waals surface area contributed by atoms with Crippen molar-refractivity contribution in [2.24, 2.45) is 5.14 Å². The van der Waals surface area contributed by atoms with E-state index >= 15 is 0 Å². The summed E-state index contributed by atoms with van der Waals surface area (Å²) < 4.78 is 50.3. The molecule has 0 atom stereocenters. The van der Waals surface area contributed by atoms with Crippen LogP contribution in [0.3, 0.4) is 0 Å². The van der Waals surface area contributed by atoms with Crippen LogP contribution in [-0.2, 0) is 37.8 Å². The molecule has 3 aromatic carbocycles. The summed E-state index contributed by atoms with van der Waals surface area (Å²) in [4.78, 5) is 12.6. The minimum absolute atomic E-state index is 0.0382. The maximum atomic E-state index is 13.2.